The van der Waals surface area contributed by atoms with E-state index in [1.807, 2.05) is 13.1 Å². The van der Waals surface area contributed by atoms with Crippen molar-refractivity contribution < 1.29 is 4.74 Å². The molecule has 1 aliphatic heterocycles. The van der Waals surface area contributed by atoms with Crippen molar-refractivity contribution in [1.29, 1.82) is 0 Å². The van der Waals surface area contributed by atoms with Gasteiger partial charge in [0.05, 0.1) is 12.7 Å². The Morgan fingerprint density at radius 1 is 1.62 bits per heavy atom. The van der Waals surface area contributed by atoms with Crippen LogP contribution in [0.2, 0.25) is 0 Å². The third-order valence-electron chi connectivity index (χ3n) is 2.78. The highest BCUT2D eigenvalue weighted by atomic mass is 16.5. The molecular formula is C11H18N4O. The Balaban J connectivity index is 2.10. The van der Waals surface area contributed by atoms with Gasteiger partial charge in [0.15, 0.2) is 0 Å². The molecule has 1 atom stereocenters. The van der Waals surface area contributed by atoms with Gasteiger partial charge in [-0.1, -0.05) is 6.92 Å². The lowest BCUT2D eigenvalue weighted by molar-refractivity contribution is 0.0381. The molecule has 0 saturated carbocycles. The van der Waals surface area contributed by atoms with Gasteiger partial charge in [-0.15, -0.1) is 0 Å². The normalized spacial score (nSPS) is 20.9. The van der Waals surface area contributed by atoms with Crippen LogP contribution >= 0.6 is 0 Å². The van der Waals surface area contributed by atoms with Crippen molar-refractivity contribution in [3.05, 3.63) is 12.3 Å². The van der Waals surface area contributed by atoms with E-state index in [0.717, 1.165) is 31.9 Å². The Labute approximate surface area is 95.8 Å². The highest BCUT2D eigenvalue weighted by Crippen LogP contribution is 2.16. The molecule has 1 N–H and O–H groups in total. The molecule has 2 rings (SSSR count). The van der Waals surface area contributed by atoms with Gasteiger partial charge in [0.2, 0.25) is 5.95 Å². The molecule has 1 aromatic heterocycles. The highest BCUT2D eigenvalue weighted by Gasteiger charge is 2.20. The molecule has 0 aromatic carbocycles. The fourth-order valence-electron chi connectivity index (χ4n) is 1.82. The van der Waals surface area contributed by atoms with Gasteiger partial charge in [0, 0.05) is 26.3 Å². The van der Waals surface area contributed by atoms with Crippen molar-refractivity contribution in [1.82, 2.24) is 9.97 Å². The number of rotatable bonds is 3. The molecule has 2 heterocycles. The second-order valence-electron chi connectivity index (χ2n) is 3.84. The van der Waals surface area contributed by atoms with E-state index in [-0.39, 0.29) is 0 Å². The van der Waals surface area contributed by atoms with Gasteiger partial charge < -0.3 is 15.0 Å². The van der Waals surface area contributed by atoms with Gasteiger partial charge in [-0.05, 0) is 12.5 Å². The minimum atomic E-state index is 0.321. The highest BCUT2D eigenvalue weighted by molar-refractivity contribution is 5.42. The van der Waals surface area contributed by atoms with Crippen LogP contribution in [0.15, 0.2) is 12.3 Å². The molecule has 0 radical (unpaired) electrons. The minimum Gasteiger partial charge on any atom is -0.375 e. The lowest BCUT2D eigenvalue weighted by Gasteiger charge is -2.33. The van der Waals surface area contributed by atoms with Crippen LogP contribution < -0.4 is 10.2 Å². The quantitative estimate of drug-likeness (QED) is 0.831. The second kappa shape index (κ2) is 5.12. The molecule has 5 heteroatoms. The van der Waals surface area contributed by atoms with Gasteiger partial charge in [0.1, 0.15) is 5.82 Å². The fourth-order valence-corrected chi connectivity index (χ4v) is 1.82. The van der Waals surface area contributed by atoms with Gasteiger partial charge in [-0.3, -0.25) is 0 Å². The lowest BCUT2D eigenvalue weighted by atomic mass is 10.2. The van der Waals surface area contributed by atoms with Gasteiger partial charge in [-0.2, -0.15) is 4.98 Å². The maximum Gasteiger partial charge on any atom is 0.224 e. The Kier molecular flexibility index (Phi) is 3.56. The van der Waals surface area contributed by atoms with Crippen LogP contribution in [0.1, 0.15) is 13.3 Å². The molecule has 16 heavy (non-hydrogen) atoms. The van der Waals surface area contributed by atoms with E-state index in [9.17, 15) is 0 Å². The van der Waals surface area contributed by atoms with Crippen molar-refractivity contribution in [3.63, 3.8) is 0 Å². The summed E-state index contributed by atoms with van der Waals surface area (Å²) in [7, 11) is 1.83. The van der Waals surface area contributed by atoms with Gasteiger partial charge >= 0.3 is 0 Å². The molecule has 1 saturated heterocycles. The SMILES string of the molecule is CCC1CN(c2ccnc(NC)n2)CCO1. The van der Waals surface area contributed by atoms with Gasteiger partial charge in [0.25, 0.3) is 0 Å². The third kappa shape index (κ3) is 2.41. The summed E-state index contributed by atoms with van der Waals surface area (Å²) in [5.74, 6) is 1.64. The van der Waals surface area contributed by atoms with E-state index in [2.05, 4.69) is 27.1 Å². The summed E-state index contributed by atoms with van der Waals surface area (Å²) in [6.07, 6.45) is 3.15. The summed E-state index contributed by atoms with van der Waals surface area (Å²) in [5.41, 5.74) is 0. The molecular weight excluding hydrogens is 204 g/mol. The number of morpholine rings is 1. The minimum absolute atomic E-state index is 0.321. The standard InChI is InChI=1S/C11H18N4O/c1-3-9-8-15(6-7-16-9)10-4-5-13-11(12-2)14-10/h4-5,9H,3,6-8H2,1-2H3,(H,12,13,14). The van der Waals surface area contributed by atoms with Crippen LogP contribution in [0, 0.1) is 0 Å². The largest absolute Gasteiger partial charge is 0.375 e. The molecule has 0 spiro atoms. The average Bonchev–Trinajstić information content (AvgIpc) is 2.39. The van der Waals surface area contributed by atoms with Crippen molar-refractivity contribution in [3.8, 4) is 0 Å². The predicted molar refractivity (Wildman–Crippen MR) is 63.8 cm³/mol. The molecule has 88 valence electrons. The Hall–Kier alpha value is -1.36. The maximum atomic E-state index is 5.63. The topological polar surface area (TPSA) is 50.3 Å². The predicted octanol–water partition coefficient (Wildman–Crippen LogP) is 1.13. The van der Waals surface area contributed by atoms with Crippen molar-refractivity contribution >= 4 is 11.8 Å². The average molecular weight is 222 g/mol. The van der Waals surface area contributed by atoms with Crippen LogP contribution in [-0.2, 0) is 4.74 Å². The summed E-state index contributed by atoms with van der Waals surface area (Å²) >= 11 is 0. The summed E-state index contributed by atoms with van der Waals surface area (Å²) in [6, 6.07) is 1.94. The van der Waals surface area contributed by atoms with Crippen LogP contribution in [0.4, 0.5) is 11.8 Å². The van der Waals surface area contributed by atoms with Crippen LogP contribution in [0.3, 0.4) is 0 Å². The molecule has 0 aliphatic carbocycles. The summed E-state index contributed by atoms with van der Waals surface area (Å²) in [6.45, 7) is 4.73. The van der Waals surface area contributed by atoms with E-state index < -0.39 is 0 Å². The number of nitrogens with zero attached hydrogens (tertiary/aromatic N) is 3. The second-order valence-corrected chi connectivity index (χ2v) is 3.84. The zero-order valence-electron chi connectivity index (χ0n) is 9.81. The maximum absolute atomic E-state index is 5.63. The van der Waals surface area contributed by atoms with Crippen LogP contribution in [-0.4, -0.2) is 42.8 Å². The number of ether oxygens (including phenoxy) is 1. The molecule has 1 aliphatic rings. The number of hydrogen-bond donors (Lipinski definition) is 1. The van der Waals surface area contributed by atoms with Crippen molar-refractivity contribution in [2.75, 3.05) is 37.0 Å². The van der Waals surface area contributed by atoms with Crippen molar-refractivity contribution in [2.45, 2.75) is 19.4 Å². The van der Waals surface area contributed by atoms with Crippen LogP contribution in [0.5, 0.6) is 0 Å². The smallest absolute Gasteiger partial charge is 0.224 e. The lowest BCUT2D eigenvalue weighted by Crippen LogP contribution is -2.42. The first-order valence-electron chi connectivity index (χ1n) is 5.71. The Morgan fingerprint density at radius 2 is 2.50 bits per heavy atom. The third-order valence-corrected chi connectivity index (χ3v) is 2.78. The van der Waals surface area contributed by atoms with E-state index in [1.165, 1.54) is 0 Å². The van der Waals surface area contributed by atoms with E-state index in [0.29, 0.717) is 12.1 Å². The molecule has 1 unspecified atom stereocenters. The molecule has 0 amide bonds. The van der Waals surface area contributed by atoms with Crippen LogP contribution in [0.25, 0.3) is 0 Å². The summed E-state index contributed by atoms with van der Waals surface area (Å²) in [5, 5.41) is 2.95. The first-order chi connectivity index (χ1) is 7.83. The summed E-state index contributed by atoms with van der Waals surface area (Å²) < 4.78 is 5.63. The zero-order chi connectivity index (χ0) is 11.4. The molecule has 1 fully saturated rings. The fraction of sp³-hybridized carbons (Fsp3) is 0.636. The zero-order valence-corrected chi connectivity index (χ0v) is 9.81. The number of hydrogen-bond acceptors (Lipinski definition) is 5. The monoisotopic (exact) mass is 222 g/mol. The molecule has 0 bridgehead atoms. The summed E-state index contributed by atoms with van der Waals surface area (Å²) in [4.78, 5) is 10.8. The number of nitrogens with one attached hydrogen (secondary N) is 1. The number of anilines is 2. The first-order valence-corrected chi connectivity index (χ1v) is 5.71. The first kappa shape index (κ1) is 11.1. The molecule has 5 nitrogen and oxygen atoms in total. The van der Waals surface area contributed by atoms with Gasteiger partial charge in [-0.25, -0.2) is 4.98 Å². The van der Waals surface area contributed by atoms with E-state index in [4.69, 9.17) is 4.74 Å². The van der Waals surface area contributed by atoms with E-state index >= 15 is 0 Å². The Bertz CT molecular complexity index is 345. The molecule has 1 aromatic rings. The van der Waals surface area contributed by atoms with E-state index in [1.54, 1.807) is 6.20 Å². The number of aromatic nitrogens is 2. The van der Waals surface area contributed by atoms with Crippen molar-refractivity contribution in [2.24, 2.45) is 0 Å². The Morgan fingerprint density at radius 3 is 3.25 bits per heavy atom.